The van der Waals surface area contributed by atoms with E-state index in [2.05, 4.69) is 115 Å². The molecule has 0 aliphatic rings. The molecule has 2 heteroatoms. The molecule has 1 unspecified atom stereocenters. The average molecular weight is 531 g/mol. The Hall–Kier alpha value is -4.95. The van der Waals surface area contributed by atoms with Gasteiger partial charge in [0.25, 0.3) is 0 Å². The summed E-state index contributed by atoms with van der Waals surface area (Å²) in [4.78, 5) is 12.6. The lowest BCUT2D eigenvalue weighted by molar-refractivity contribution is -0.138. The highest BCUT2D eigenvalue weighted by Gasteiger charge is 2.29. The zero-order valence-electron chi connectivity index (χ0n) is 22.9. The minimum absolute atomic E-state index is 0.177. The van der Waals surface area contributed by atoms with Crippen LogP contribution in [0.3, 0.4) is 0 Å². The zero-order valence-corrected chi connectivity index (χ0v) is 22.9. The third-order valence-corrected chi connectivity index (χ3v) is 8.61. The minimum atomic E-state index is -0.787. The number of benzene rings is 7. The molecule has 0 aliphatic heterocycles. The van der Waals surface area contributed by atoms with E-state index < -0.39 is 11.9 Å². The molecular weight excluding hydrogens is 500 g/mol. The molecule has 0 fully saturated rings. The molecule has 7 rings (SSSR count). The summed E-state index contributed by atoms with van der Waals surface area (Å²) in [7, 11) is 0. The molecule has 0 heterocycles. The van der Waals surface area contributed by atoms with Crippen molar-refractivity contribution in [2.24, 2.45) is 0 Å². The number of carboxylic acid groups (broad SMARTS) is 1. The van der Waals surface area contributed by atoms with E-state index in [1.807, 2.05) is 25.1 Å². The summed E-state index contributed by atoms with van der Waals surface area (Å²) < 4.78 is 0. The van der Waals surface area contributed by atoms with Crippen LogP contribution < -0.4 is 0 Å². The van der Waals surface area contributed by atoms with Crippen molar-refractivity contribution in [3.63, 3.8) is 0 Å². The fourth-order valence-electron chi connectivity index (χ4n) is 6.77. The lowest BCUT2D eigenvalue weighted by Gasteiger charge is -2.27. The fourth-order valence-corrected chi connectivity index (χ4v) is 6.77. The summed E-state index contributed by atoms with van der Waals surface area (Å²) in [5.74, 6) is -1.55. The van der Waals surface area contributed by atoms with Crippen molar-refractivity contribution < 1.29 is 9.90 Å². The number of hydrogen-bond donors (Lipinski definition) is 1. The van der Waals surface area contributed by atoms with Crippen LogP contribution in [0.2, 0.25) is 0 Å². The van der Waals surface area contributed by atoms with Crippen LogP contribution in [0.4, 0.5) is 0 Å². The van der Waals surface area contributed by atoms with E-state index in [9.17, 15) is 9.90 Å². The monoisotopic (exact) mass is 530 g/mol. The summed E-state index contributed by atoms with van der Waals surface area (Å²) in [6.45, 7) is 1.96. The number of rotatable bonds is 6. The maximum Gasteiger partial charge on any atom is 0.310 e. The van der Waals surface area contributed by atoms with E-state index in [4.69, 9.17) is 0 Å². The topological polar surface area (TPSA) is 37.3 Å². The summed E-state index contributed by atoms with van der Waals surface area (Å²) in [6.07, 6.45) is 0.524. The Bertz CT molecular complexity index is 1970. The van der Waals surface area contributed by atoms with E-state index in [-0.39, 0.29) is 5.92 Å². The number of carbonyl (C=O) groups is 1. The van der Waals surface area contributed by atoms with Crippen LogP contribution in [0.1, 0.15) is 47.4 Å². The third-order valence-electron chi connectivity index (χ3n) is 8.61. The molecular formula is C39H30O2. The number of hydrogen-bond acceptors (Lipinski definition) is 1. The first-order chi connectivity index (χ1) is 20.2. The van der Waals surface area contributed by atoms with Crippen LogP contribution >= 0.6 is 0 Å². The summed E-state index contributed by atoms with van der Waals surface area (Å²) >= 11 is 0. The quantitative estimate of drug-likeness (QED) is 0.172. The fraction of sp³-hybridized carbons (Fsp3) is 0.103. The SMILES string of the molecule is CCC(C(=O)O)c1ccccc1C(c1cc2ccccc2c2ccccc12)c1cc2ccccc2c2ccccc12. The molecule has 0 amide bonds. The van der Waals surface area contributed by atoms with Crippen molar-refractivity contribution in [1.29, 1.82) is 0 Å². The molecule has 0 radical (unpaired) electrons. The van der Waals surface area contributed by atoms with Crippen LogP contribution in [-0.2, 0) is 4.79 Å². The highest BCUT2D eigenvalue weighted by molar-refractivity contribution is 6.12. The maximum absolute atomic E-state index is 12.6. The van der Waals surface area contributed by atoms with Crippen LogP contribution in [0.5, 0.6) is 0 Å². The van der Waals surface area contributed by atoms with Gasteiger partial charge in [0.15, 0.2) is 0 Å². The third kappa shape index (κ3) is 4.15. The van der Waals surface area contributed by atoms with Crippen LogP contribution in [0.15, 0.2) is 133 Å². The van der Waals surface area contributed by atoms with Gasteiger partial charge in [0.2, 0.25) is 0 Å². The van der Waals surface area contributed by atoms with E-state index in [0.717, 1.165) is 11.1 Å². The molecule has 1 atom stereocenters. The summed E-state index contributed by atoms with van der Waals surface area (Å²) in [6, 6.07) is 47.2. The van der Waals surface area contributed by atoms with Gasteiger partial charge in [0.1, 0.15) is 0 Å². The van der Waals surface area contributed by atoms with Crippen molar-refractivity contribution >= 4 is 49.1 Å². The Morgan fingerprint density at radius 3 is 1.37 bits per heavy atom. The number of aliphatic carboxylic acids is 1. The second-order valence-electron chi connectivity index (χ2n) is 10.8. The normalized spacial score (nSPS) is 12.4. The van der Waals surface area contributed by atoms with Crippen molar-refractivity contribution in [3.05, 3.63) is 156 Å². The van der Waals surface area contributed by atoms with Crippen LogP contribution in [0.25, 0.3) is 43.1 Å². The molecule has 0 saturated carbocycles. The maximum atomic E-state index is 12.6. The first kappa shape index (κ1) is 25.0. The largest absolute Gasteiger partial charge is 0.481 e. The Labute approximate surface area is 239 Å². The van der Waals surface area contributed by atoms with Crippen molar-refractivity contribution in [3.8, 4) is 0 Å². The van der Waals surface area contributed by atoms with Crippen molar-refractivity contribution in [2.45, 2.75) is 25.2 Å². The molecule has 198 valence electrons. The van der Waals surface area contributed by atoms with Gasteiger partial charge in [0.05, 0.1) is 5.92 Å². The van der Waals surface area contributed by atoms with Gasteiger partial charge in [-0.3, -0.25) is 4.79 Å². The number of fused-ring (bicyclic) bond motifs is 6. The predicted octanol–water partition coefficient (Wildman–Crippen LogP) is 10.1. The second-order valence-corrected chi connectivity index (χ2v) is 10.8. The first-order valence-corrected chi connectivity index (χ1v) is 14.3. The van der Waals surface area contributed by atoms with Gasteiger partial charge in [-0.2, -0.15) is 0 Å². The molecule has 1 N–H and O–H groups in total. The molecule has 0 bridgehead atoms. The Balaban J connectivity index is 1.66. The standard InChI is InChI=1S/C39H30O2/c1-2-27(39(40)41)30-17-11-12-22-35(30)38(36-23-25-13-3-5-15-28(25)31-18-7-9-20-33(31)36)37-24-26-14-4-6-16-29(26)32-19-8-10-21-34(32)37/h3-24,27,38H,2H2,1H3,(H,40,41). The van der Waals surface area contributed by atoms with Gasteiger partial charge in [-0.05, 0) is 83.9 Å². The second kappa shape index (κ2) is 10.2. The summed E-state index contributed by atoms with van der Waals surface area (Å²) in [5.41, 5.74) is 4.30. The van der Waals surface area contributed by atoms with Gasteiger partial charge >= 0.3 is 5.97 Å². The molecule has 41 heavy (non-hydrogen) atoms. The molecule has 7 aromatic rings. The van der Waals surface area contributed by atoms with Gasteiger partial charge < -0.3 is 5.11 Å². The molecule has 7 aromatic carbocycles. The lowest BCUT2D eigenvalue weighted by Crippen LogP contribution is -2.16. The highest BCUT2D eigenvalue weighted by atomic mass is 16.4. The summed E-state index contributed by atoms with van der Waals surface area (Å²) in [5, 5.41) is 19.9. The minimum Gasteiger partial charge on any atom is -0.481 e. The Morgan fingerprint density at radius 1 is 0.512 bits per heavy atom. The molecule has 0 saturated heterocycles. The Morgan fingerprint density at radius 2 is 0.902 bits per heavy atom. The van der Waals surface area contributed by atoms with Gasteiger partial charge in [-0.15, -0.1) is 0 Å². The van der Waals surface area contributed by atoms with Crippen LogP contribution in [-0.4, -0.2) is 11.1 Å². The smallest absolute Gasteiger partial charge is 0.310 e. The molecule has 0 aliphatic carbocycles. The van der Waals surface area contributed by atoms with E-state index >= 15 is 0 Å². The molecule has 2 nitrogen and oxygen atoms in total. The van der Waals surface area contributed by atoms with Crippen LogP contribution in [0, 0.1) is 0 Å². The molecule has 0 spiro atoms. The molecule has 0 aromatic heterocycles. The predicted molar refractivity (Wildman–Crippen MR) is 171 cm³/mol. The Kier molecular flexibility index (Phi) is 6.24. The van der Waals surface area contributed by atoms with Crippen molar-refractivity contribution in [2.75, 3.05) is 0 Å². The zero-order chi connectivity index (χ0) is 27.9. The van der Waals surface area contributed by atoms with Crippen molar-refractivity contribution in [1.82, 2.24) is 0 Å². The number of carboxylic acids is 1. The van der Waals surface area contributed by atoms with Gasteiger partial charge in [-0.25, -0.2) is 0 Å². The van der Waals surface area contributed by atoms with E-state index in [0.29, 0.717) is 6.42 Å². The van der Waals surface area contributed by atoms with E-state index in [1.54, 1.807) is 0 Å². The first-order valence-electron chi connectivity index (χ1n) is 14.3. The average Bonchev–Trinajstić information content (AvgIpc) is 3.02. The van der Waals surface area contributed by atoms with Gasteiger partial charge in [-0.1, -0.05) is 128 Å². The van der Waals surface area contributed by atoms with Gasteiger partial charge in [0, 0.05) is 5.92 Å². The van der Waals surface area contributed by atoms with E-state index in [1.165, 1.54) is 54.2 Å². The highest BCUT2D eigenvalue weighted by Crippen LogP contribution is 2.45. The lowest BCUT2D eigenvalue weighted by atomic mass is 9.75.